The standard InChI is InChI=1S/C35H30N4O4/c1-35(19-18-34(40)41,24-10-14-28(15-11-24)42-22-26-20-36-30-6-2-4-8-32(30)38-26)25-12-16-29(17-13-25)43-23-27-21-37-31-7-3-5-9-33(31)39-27/h2-17,20-21H,18-19,22-23H2,1H3,(H,40,41). The van der Waals surface area contributed by atoms with Crippen LogP contribution < -0.4 is 9.47 Å². The zero-order chi connectivity index (χ0) is 29.6. The molecule has 6 aromatic rings. The van der Waals surface area contributed by atoms with Crippen LogP contribution >= 0.6 is 0 Å². The number of carboxylic acids is 1. The molecule has 0 spiro atoms. The zero-order valence-electron chi connectivity index (χ0n) is 23.7. The summed E-state index contributed by atoms with van der Waals surface area (Å²) in [7, 11) is 0. The van der Waals surface area contributed by atoms with Gasteiger partial charge in [-0.05, 0) is 66.1 Å². The average Bonchev–Trinajstić information content (AvgIpc) is 3.05. The predicted molar refractivity (Wildman–Crippen MR) is 164 cm³/mol. The maximum Gasteiger partial charge on any atom is 0.303 e. The summed E-state index contributed by atoms with van der Waals surface area (Å²) in [6.07, 6.45) is 3.92. The van der Waals surface area contributed by atoms with Gasteiger partial charge in [-0.3, -0.25) is 14.8 Å². The Morgan fingerprint density at radius 3 is 1.49 bits per heavy atom. The van der Waals surface area contributed by atoms with Gasteiger partial charge in [0.15, 0.2) is 0 Å². The second kappa shape index (κ2) is 12.2. The van der Waals surface area contributed by atoms with Crippen LogP contribution in [0.15, 0.2) is 109 Å². The predicted octanol–water partition coefficient (Wildman–Crippen LogP) is 6.90. The summed E-state index contributed by atoms with van der Waals surface area (Å²) in [5.41, 5.74) is 6.26. The van der Waals surface area contributed by atoms with Gasteiger partial charge in [0.2, 0.25) is 0 Å². The largest absolute Gasteiger partial charge is 0.487 e. The van der Waals surface area contributed by atoms with Crippen LogP contribution in [0, 0.1) is 0 Å². The lowest BCUT2D eigenvalue weighted by Gasteiger charge is -2.31. The molecule has 8 heteroatoms. The number of benzene rings is 4. The fourth-order valence-corrected chi connectivity index (χ4v) is 5.09. The number of nitrogens with zero attached hydrogens (tertiary/aromatic N) is 4. The molecule has 0 unspecified atom stereocenters. The highest BCUT2D eigenvalue weighted by atomic mass is 16.5. The molecule has 0 fully saturated rings. The molecule has 0 aliphatic heterocycles. The molecular weight excluding hydrogens is 540 g/mol. The van der Waals surface area contributed by atoms with Gasteiger partial charge in [0.1, 0.15) is 24.7 Å². The van der Waals surface area contributed by atoms with E-state index in [2.05, 4.69) is 26.9 Å². The zero-order valence-corrected chi connectivity index (χ0v) is 23.7. The molecule has 0 amide bonds. The van der Waals surface area contributed by atoms with Crippen molar-refractivity contribution in [1.82, 2.24) is 19.9 Å². The molecule has 6 rings (SSSR count). The lowest BCUT2D eigenvalue weighted by molar-refractivity contribution is -0.137. The minimum Gasteiger partial charge on any atom is -0.487 e. The van der Waals surface area contributed by atoms with E-state index >= 15 is 0 Å². The molecule has 0 aliphatic rings. The average molecular weight is 571 g/mol. The van der Waals surface area contributed by atoms with Gasteiger partial charge < -0.3 is 14.6 Å². The van der Waals surface area contributed by atoms with Gasteiger partial charge in [-0.15, -0.1) is 0 Å². The summed E-state index contributed by atoms with van der Waals surface area (Å²) in [6.45, 7) is 2.65. The van der Waals surface area contributed by atoms with Gasteiger partial charge >= 0.3 is 5.97 Å². The van der Waals surface area contributed by atoms with Gasteiger partial charge in [0.05, 0.1) is 45.8 Å². The Morgan fingerprint density at radius 1 is 0.651 bits per heavy atom. The third-order valence-electron chi connectivity index (χ3n) is 7.59. The number of hydrogen-bond acceptors (Lipinski definition) is 7. The quantitative estimate of drug-likeness (QED) is 0.179. The Labute approximate surface area is 249 Å². The van der Waals surface area contributed by atoms with Gasteiger partial charge in [0, 0.05) is 11.8 Å². The van der Waals surface area contributed by atoms with E-state index in [1.54, 1.807) is 12.4 Å². The number of aliphatic carboxylic acids is 1. The van der Waals surface area contributed by atoms with E-state index < -0.39 is 11.4 Å². The Kier molecular flexibility index (Phi) is 7.91. The second-order valence-corrected chi connectivity index (χ2v) is 10.6. The first-order chi connectivity index (χ1) is 21.0. The van der Waals surface area contributed by atoms with Crippen molar-refractivity contribution >= 4 is 28.0 Å². The van der Waals surface area contributed by atoms with Crippen molar-refractivity contribution in [3.63, 3.8) is 0 Å². The Bertz CT molecular complexity index is 1750. The summed E-state index contributed by atoms with van der Waals surface area (Å²) < 4.78 is 12.0. The number of aromatic nitrogens is 4. The summed E-state index contributed by atoms with van der Waals surface area (Å²) >= 11 is 0. The number of para-hydroxylation sites is 4. The van der Waals surface area contributed by atoms with Crippen molar-refractivity contribution in [2.75, 3.05) is 0 Å². The van der Waals surface area contributed by atoms with Gasteiger partial charge in [-0.25, -0.2) is 9.97 Å². The number of carbonyl (C=O) groups is 1. The van der Waals surface area contributed by atoms with E-state index in [0.29, 0.717) is 31.1 Å². The maximum atomic E-state index is 11.6. The van der Waals surface area contributed by atoms with Crippen LogP contribution in [0.1, 0.15) is 42.3 Å². The van der Waals surface area contributed by atoms with E-state index in [1.165, 1.54) is 0 Å². The fourth-order valence-electron chi connectivity index (χ4n) is 5.09. The third-order valence-corrected chi connectivity index (χ3v) is 7.59. The first-order valence-corrected chi connectivity index (χ1v) is 14.1. The molecule has 2 aromatic heterocycles. The van der Waals surface area contributed by atoms with Crippen molar-refractivity contribution in [1.29, 1.82) is 0 Å². The Morgan fingerprint density at radius 2 is 1.07 bits per heavy atom. The minimum atomic E-state index is -0.834. The molecule has 8 nitrogen and oxygen atoms in total. The van der Waals surface area contributed by atoms with Gasteiger partial charge in [-0.2, -0.15) is 0 Å². The molecule has 43 heavy (non-hydrogen) atoms. The summed E-state index contributed by atoms with van der Waals surface area (Å²) in [5, 5.41) is 9.49. The van der Waals surface area contributed by atoms with Crippen LogP contribution in [0.4, 0.5) is 0 Å². The molecular formula is C35H30N4O4. The highest BCUT2D eigenvalue weighted by Crippen LogP contribution is 2.38. The van der Waals surface area contributed by atoms with Crippen LogP contribution in [0.2, 0.25) is 0 Å². The van der Waals surface area contributed by atoms with Crippen LogP contribution in [0.3, 0.4) is 0 Å². The highest BCUT2D eigenvalue weighted by Gasteiger charge is 2.30. The second-order valence-electron chi connectivity index (χ2n) is 10.6. The first-order valence-electron chi connectivity index (χ1n) is 14.1. The molecule has 214 valence electrons. The Hall–Kier alpha value is -5.37. The molecule has 4 aromatic carbocycles. The van der Waals surface area contributed by atoms with Crippen molar-refractivity contribution in [3.05, 3.63) is 132 Å². The van der Waals surface area contributed by atoms with Crippen LogP contribution in [0.5, 0.6) is 11.5 Å². The molecule has 0 bridgehead atoms. The maximum absolute atomic E-state index is 11.6. The number of hydrogen-bond donors (Lipinski definition) is 1. The lowest BCUT2D eigenvalue weighted by atomic mass is 9.73. The lowest BCUT2D eigenvalue weighted by Crippen LogP contribution is -2.25. The van der Waals surface area contributed by atoms with Crippen molar-refractivity contribution in [2.45, 2.75) is 38.4 Å². The molecule has 0 atom stereocenters. The molecule has 0 saturated heterocycles. The van der Waals surface area contributed by atoms with E-state index in [0.717, 1.165) is 44.6 Å². The van der Waals surface area contributed by atoms with Crippen LogP contribution in [0.25, 0.3) is 22.1 Å². The van der Waals surface area contributed by atoms with Crippen molar-refractivity contribution < 1.29 is 19.4 Å². The highest BCUT2D eigenvalue weighted by molar-refractivity contribution is 5.74. The first kappa shape index (κ1) is 27.8. The topological polar surface area (TPSA) is 107 Å². The number of ether oxygens (including phenoxy) is 2. The minimum absolute atomic E-state index is 0.0360. The smallest absolute Gasteiger partial charge is 0.303 e. The van der Waals surface area contributed by atoms with E-state index in [4.69, 9.17) is 9.47 Å². The number of carboxylic acid groups (broad SMARTS) is 1. The summed E-state index contributed by atoms with van der Waals surface area (Å²) in [6, 6.07) is 31.0. The number of rotatable bonds is 11. The van der Waals surface area contributed by atoms with E-state index in [9.17, 15) is 9.90 Å². The fraction of sp³-hybridized carbons (Fsp3) is 0.171. The van der Waals surface area contributed by atoms with Crippen LogP contribution in [-0.4, -0.2) is 31.0 Å². The molecule has 0 saturated carbocycles. The molecule has 0 aliphatic carbocycles. The SMILES string of the molecule is CC(CCC(=O)O)(c1ccc(OCc2cnc3ccccc3n2)cc1)c1ccc(OCc2cnc3ccccc3n2)cc1. The molecule has 2 heterocycles. The number of fused-ring (bicyclic) bond motifs is 2. The van der Waals surface area contributed by atoms with Crippen molar-refractivity contribution in [2.24, 2.45) is 0 Å². The normalized spacial score (nSPS) is 11.5. The monoisotopic (exact) mass is 570 g/mol. The van der Waals surface area contributed by atoms with Crippen LogP contribution in [-0.2, 0) is 23.4 Å². The van der Waals surface area contributed by atoms with Crippen molar-refractivity contribution in [3.8, 4) is 11.5 Å². The Balaban J connectivity index is 1.15. The van der Waals surface area contributed by atoms with E-state index in [1.807, 2.05) is 97.1 Å². The summed E-state index contributed by atoms with van der Waals surface area (Å²) in [5.74, 6) is 0.554. The summed E-state index contributed by atoms with van der Waals surface area (Å²) in [4.78, 5) is 29.7. The van der Waals surface area contributed by atoms with Gasteiger partial charge in [0.25, 0.3) is 0 Å². The molecule has 0 radical (unpaired) electrons. The van der Waals surface area contributed by atoms with Gasteiger partial charge in [-0.1, -0.05) is 55.5 Å². The molecule has 1 N–H and O–H groups in total. The van der Waals surface area contributed by atoms with E-state index in [-0.39, 0.29) is 6.42 Å². The third kappa shape index (κ3) is 6.43.